The second-order valence-corrected chi connectivity index (χ2v) is 3.79. The fraction of sp³-hybridized carbons (Fsp3) is 0.250. The van der Waals surface area contributed by atoms with E-state index in [0.717, 1.165) is 0 Å². The average molecular weight is 259 g/mol. The van der Waals surface area contributed by atoms with Gasteiger partial charge in [-0.3, -0.25) is 14.6 Å². The zero-order chi connectivity index (χ0) is 13.5. The van der Waals surface area contributed by atoms with Gasteiger partial charge in [0, 0.05) is 37.7 Å². The Kier molecular flexibility index (Phi) is 4.33. The molecule has 1 N–H and O–H groups in total. The van der Waals surface area contributed by atoms with Gasteiger partial charge in [-0.05, 0) is 12.5 Å². The van der Waals surface area contributed by atoms with E-state index in [0.29, 0.717) is 19.5 Å². The van der Waals surface area contributed by atoms with Crippen LogP contribution in [0.25, 0.3) is 0 Å². The molecule has 0 aliphatic heterocycles. The van der Waals surface area contributed by atoms with Crippen LogP contribution in [-0.4, -0.2) is 32.2 Å². The molecule has 0 saturated heterocycles. The third kappa shape index (κ3) is 3.70. The maximum Gasteiger partial charge on any atom is 0.271 e. The van der Waals surface area contributed by atoms with Gasteiger partial charge >= 0.3 is 0 Å². The van der Waals surface area contributed by atoms with E-state index in [2.05, 4.69) is 20.4 Å². The highest BCUT2D eigenvalue weighted by Gasteiger charge is 2.05. The highest BCUT2D eigenvalue weighted by molar-refractivity contribution is 5.91. The van der Waals surface area contributed by atoms with E-state index in [4.69, 9.17) is 0 Å². The molecule has 0 atom stereocenters. The molecule has 0 radical (unpaired) electrons. The summed E-state index contributed by atoms with van der Waals surface area (Å²) in [6.45, 7) is 0.902. The zero-order valence-corrected chi connectivity index (χ0v) is 10.2. The number of aryl methyl sites for hydroxylation is 1. The first kappa shape index (κ1) is 12.9. The van der Waals surface area contributed by atoms with E-state index in [1.165, 1.54) is 29.3 Å². The van der Waals surface area contributed by atoms with Crippen LogP contribution >= 0.6 is 0 Å². The standard InChI is InChI=1S/C12H13N5O2/c18-11-3-1-5-16-17(11)8-2-4-15-12(19)10-9-13-6-7-14-10/h1,3,5-7,9H,2,4,8H2,(H,15,19). The maximum absolute atomic E-state index is 11.6. The van der Waals surface area contributed by atoms with Gasteiger partial charge in [0.25, 0.3) is 11.5 Å². The molecule has 0 fully saturated rings. The molecule has 0 bridgehead atoms. The molecule has 0 aliphatic carbocycles. The van der Waals surface area contributed by atoms with Crippen LogP contribution < -0.4 is 10.9 Å². The van der Waals surface area contributed by atoms with Crippen molar-refractivity contribution in [2.75, 3.05) is 6.54 Å². The normalized spacial score (nSPS) is 10.1. The van der Waals surface area contributed by atoms with Crippen molar-refractivity contribution in [1.29, 1.82) is 0 Å². The zero-order valence-electron chi connectivity index (χ0n) is 10.2. The molecule has 2 heterocycles. The molecule has 0 unspecified atom stereocenters. The van der Waals surface area contributed by atoms with Crippen LogP contribution in [0.15, 0.2) is 41.7 Å². The molecule has 19 heavy (non-hydrogen) atoms. The summed E-state index contributed by atoms with van der Waals surface area (Å²) < 4.78 is 1.36. The molecule has 0 aromatic carbocycles. The second kappa shape index (κ2) is 6.39. The van der Waals surface area contributed by atoms with Crippen molar-refractivity contribution in [2.45, 2.75) is 13.0 Å². The number of amides is 1. The Balaban J connectivity index is 1.77. The van der Waals surface area contributed by atoms with Crippen LogP contribution in [0, 0.1) is 0 Å². The number of nitrogens with one attached hydrogen (secondary N) is 1. The summed E-state index contributed by atoms with van der Waals surface area (Å²) >= 11 is 0. The second-order valence-electron chi connectivity index (χ2n) is 3.79. The molecule has 0 aliphatic rings. The van der Waals surface area contributed by atoms with Crippen molar-refractivity contribution in [2.24, 2.45) is 0 Å². The summed E-state index contributed by atoms with van der Waals surface area (Å²) in [5.74, 6) is -0.276. The average Bonchev–Trinajstić information content (AvgIpc) is 2.46. The van der Waals surface area contributed by atoms with Gasteiger partial charge in [-0.15, -0.1) is 0 Å². The van der Waals surface area contributed by atoms with Gasteiger partial charge in [-0.1, -0.05) is 0 Å². The summed E-state index contributed by atoms with van der Waals surface area (Å²) in [6, 6.07) is 3.04. The van der Waals surface area contributed by atoms with Gasteiger partial charge in [-0.25, -0.2) is 9.67 Å². The van der Waals surface area contributed by atoms with Crippen LogP contribution in [0.1, 0.15) is 16.9 Å². The van der Waals surface area contributed by atoms with E-state index in [1.54, 1.807) is 12.3 Å². The topological polar surface area (TPSA) is 89.8 Å². The van der Waals surface area contributed by atoms with Crippen LogP contribution in [0.4, 0.5) is 0 Å². The minimum absolute atomic E-state index is 0.150. The lowest BCUT2D eigenvalue weighted by Gasteiger charge is -2.05. The van der Waals surface area contributed by atoms with Gasteiger partial charge in [0.15, 0.2) is 0 Å². The van der Waals surface area contributed by atoms with Crippen LogP contribution in [0.5, 0.6) is 0 Å². The van der Waals surface area contributed by atoms with Crippen molar-refractivity contribution in [3.05, 3.63) is 53.0 Å². The SMILES string of the molecule is O=C(NCCCn1ncccc1=O)c1cnccn1. The predicted octanol–water partition coefficient (Wildman–Crippen LogP) is -0.147. The summed E-state index contributed by atoms with van der Waals surface area (Å²) in [5.41, 5.74) is 0.125. The predicted molar refractivity (Wildman–Crippen MR) is 67.5 cm³/mol. The molecular formula is C12H13N5O2. The number of nitrogens with zero attached hydrogens (tertiary/aromatic N) is 4. The first-order valence-corrected chi connectivity index (χ1v) is 5.84. The number of hydrogen-bond donors (Lipinski definition) is 1. The lowest BCUT2D eigenvalue weighted by Crippen LogP contribution is -2.28. The third-order valence-corrected chi connectivity index (χ3v) is 2.41. The number of carbonyl (C=O) groups is 1. The lowest BCUT2D eigenvalue weighted by molar-refractivity contribution is 0.0947. The molecule has 0 spiro atoms. The van der Waals surface area contributed by atoms with Crippen LogP contribution in [0.2, 0.25) is 0 Å². The molecule has 2 rings (SSSR count). The van der Waals surface area contributed by atoms with Gasteiger partial charge in [0.1, 0.15) is 5.69 Å². The summed E-state index contributed by atoms with van der Waals surface area (Å²) in [7, 11) is 0. The first-order chi connectivity index (χ1) is 9.27. The fourth-order valence-electron chi connectivity index (χ4n) is 1.49. The molecule has 2 aromatic rings. The Labute approximate surface area is 109 Å². The molecule has 0 saturated carbocycles. The van der Waals surface area contributed by atoms with Gasteiger partial charge in [0.05, 0.1) is 6.20 Å². The third-order valence-electron chi connectivity index (χ3n) is 2.41. The Morgan fingerprint density at radius 2 is 2.21 bits per heavy atom. The van der Waals surface area contributed by atoms with E-state index in [-0.39, 0.29) is 17.2 Å². The monoisotopic (exact) mass is 259 g/mol. The summed E-state index contributed by atoms with van der Waals surface area (Å²) in [5, 5.41) is 6.63. The quantitative estimate of drug-likeness (QED) is 0.754. The number of aromatic nitrogens is 4. The van der Waals surface area contributed by atoms with Crippen molar-refractivity contribution in [3.8, 4) is 0 Å². The van der Waals surface area contributed by atoms with E-state index < -0.39 is 0 Å². The molecule has 2 aromatic heterocycles. The smallest absolute Gasteiger partial charge is 0.271 e. The van der Waals surface area contributed by atoms with Gasteiger partial charge in [0.2, 0.25) is 0 Å². The van der Waals surface area contributed by atoms with Crippen molar-refractivity contribution >= 4 is 5.91 Å². The summed E-state index contributed by atoms with van der Waals surface area (Å²) in [4.78, 5) is 30.7. The number of hydrogen-bond acceptors (Lipinski definition) is 5. The largest absolute Gasteiger partial charge is 0.351 e. The molecule has 1 amide bonds. The number of carbonyl (C=O) groups excluding carboxylic acids is 1. The summed E-state index contributed by atoms with van der Waals surface area (Å²) in [6.07, 6.45) is 6.54. The molecule has 7 heteroatoms. The van der Waals surface area contributed by atoms with E-state index in [1.807, 2.05) is 0 Å². The Bertz CT molecular complexity index is 596. The molecule has 98 valence electrons. The number of rotatable bonds is 5. The Morgan fingerprint density at radius 1 is 1.32 bits per heavy atom. The minimum atomic E-state index is -0.276. The van der Waals surface area contributed by atoms with Gasteiger partial charge in [-0.2, -0.15) is 5.10 Å². The highest BCUT2D eigenvalue weighted by atomic mass is 16.2. The van der Waals surface area contributed by atoms with E-state index >= 15 is 0 Å². The fourth-order valence-corrected chi connectivity index (χ4v) is 1.49. The molecule has 7 nitrogen and oxygen atoms in total. The minimum Gasteiger partial charge on any atom is -0.351 e. The Hall–Kier alpha value is -2.57. The van der Waals surface area contributed by atoms with Gasteiger partial charge < -0.3 is 5.32 Å². The maximum atomic E-state index is 11.6. The van der Waals surface area contributed by atoms with Crippen LogP contribution in [-0.2, 0) is 6.54 Å². The lowest BCUT2D eigenvalue weighted by atomic mass is 10.3. The Morgan fingerprint density at radius 3 is 2.95 bits per heavy atom. The first-order valence-electron chi connectivity index (χ1n) is 5.84. The van der Waals surface area contributed by atoms with Crippen molar-refractivity contribution in [1.82, 2.24) is 25.1 Å². The van der Waals surface area contributed by atoms with Crippen LogP contribution in [0.3, 0.4) is 0 Å². The highest BCUT2D eigenvalue weighted by Crippen LogP contribution is 1.90. The van der Waals surface area contributed by atoms with Crippen molar-refractivity contribution < 1.29 is 4.79 Å². The van der Waals surface area contributed by atoms with E-state index in [9.17, 15) is 9.59 Å². The molecular weight excluding hydrogens is 246 g/mol. The van der Waals surface area contributed by atoms with Crippen molar-refractivity contribution in [3.63, 3.8) is 0 Å².